The summed E-state index contributed by atoms with van der Waals surface area (Å²) in [6.07, 6.45) is 1.96. The van der Waals surface area contributed by atoms with Gasteiger partial charge in [-0.15, -0.1) is 0 Å². The summed E-state index contributed by atoms with van der Waals surface area (Å²) in [7, 11) is -4.37. The lowest BCUT2D eigenvalue weighted by molar-refractivity contribution is 0.223. The zero-order chi connectivity index (χ0) is 7.61. The maximum absolute atomic E-state index is 10.2. The molecular weight excluding hydrogens is 162 g/mol. The van der Waals surface area contributed by atoms with Gasteiger partial charge in [0.05, 0.1) is 0 Å². The van der Waals surface area contributed by atoms with Crippen LogP contribution in [0.15, 0.2) is 17.7 Å². The highest BCUT2D eigenvalue weighted by Crippen LogP contribution is 1.99. The molecule has 0 aromatic rings. The smallest absolute Gasteiger partial charge is 0.377 e. The van der Waals surface area contributed by atoms with Crippen LogP contribution >= 0.6 is 0 Å². The number of hydrogen-bond acceptors (Lipinski definition) is 5. The first kappa shape index (κ1) is 7.03. The number of ether oxygens (including phenoxy) is 1. The van der Waals surface area contributed by atoms with E-state index in [1.54, 1.807) is 0 Å². The summed E-state index contributed by atoms with van der Waals surface area (Å²) in [5, 5.41) is 2.00. The number of oxime groups is 1. The minimum atomic E-state index is -4.37. The second-order valence-electron chi connectivity index (χ2n) is 1.33. The highest BCUT2D eigenvalue weighted by atomic mass is 32.2. The van der Waals surface area contributed by atoms with E-state index < -0.39 is 15.3 Å². The molecule has 0 bridgehead atoms. The molecule has 1 aliphatic rings. The minimum Gasteiger partial charge on any atom is -0.431 e. The number of nitrogens with zero attached hydrogens (tertiary/aromatic N) is 1. The molecule has 0 aromatic heterocycles. The van der Waals surface area contributed by atoms with Crippen molar-refractivity contribution in [1.29, 1.82) is 0 Å². The van der Waals surface area contributed by atoms with Crippen molar-refractivity contribution in [2.24, 2.45) is 5.16 Å². The maximum Gasteiger partial charge on any atom is 0.377 e. The summed E-state index contributed by atoms with van der Waals surface area (Å²) in [4.78, 5) is 4.15. The van der Waals surface area contributed by atoms with Crippen molar-refractivity contribution < 1.29 is 22.5 Å². The molecular formula is C3H3NO5S. The fourth-order valence-electron chi connectivity index (χ4n) is 0.314. The standard InChI is InChI=1S/C3H3NO5S/c5-10(6,7)3-4-9-2-1-8-3/h1-2H,(H,5,6,7). The van der Waals surface area contributed by atoms with E-state index in [1.165, 1.54) is 0 Å². The third kappa shape index (κ3) is 1.45. The van der Waals surface area contributed by atoms with Crippen LogP contribution < -0.4 is 0 Å². The Labute approximate surface area is 56.5 Å². The first-order chi connectivity index (χ1) is 4.61. The first-order valence-electron chi connectivity index (χ1n) is 2.14. The van der Waals surface area contributed by atoms with Gasteiger partial charge < -0.3 is 9.57 Å². The van der Waals surface area contributed by atoms with Crippen molar-refractivity contribution in [2.75, 3.05) is 0 Å². The van der Waals surface area contributed by atoms with Crippen LogP contribution in [0.2, 0.25) is 0 Å². The molecule has 7 heteroatoms. The number of rotatable bonds is 0. The van der Waals surface area contributed by atoms with Crippen molar-refractivity contribution in [2.45, 2.75) is 0 Å². The Hall–Kier alpha value is -1.08. The van der Waals surface area contributed by atoms with E-state index in [0.29, 0.717) is 0 Å². The van der Waals surface area contributed by atoms with Gasteiger partial charge >= 0.3 is 15.3 Å². The van der Waals surface area contributed by atoms with Crippen LogP contribution in [0.3, 0.4) is 0 Å². The van der Waals surface area contributed by atoms with E-state index in [-0.39, 0.29) is 0 Å². The van der Waals surface area contributed by atoms with E-state index in [0.717, 1.165) is 12.5 Å². The van der Waals surface area contributed by atoms with Crippen molar-refractivity contribution >= 4 is 15.3 Å². The van der Waals surface area contributed by atoms with Crippen LogP contribution in [0.5, 0.6) is 0 Å². The normalized spacial score (nSPS) is 17.1. The molecule has 6 nitrogen and oxygen atoms in total. The molecule has 1 rings (SSSR count). The van der Waals surface area contributed by atoms with Crippen LogP contribution in [-0.2, 0) is 19.7 Å². The molecule has 10 heavy (non-hydrogen) atoms. The second kappa shape index (κ2) is 2.27. The van der Waals surface area contributed by atoms with E-state index in [4.69, 9.17) is 4.55 Å². The lowest BCUT2D eigenvalue weighted by Gasteiger charge is -2.02. The minimum absolute atomic E-state index is 0.866. The fourth-order valence-corrected chi connectivity index (χ4v) is 0.628. The van der Waals surface area contributed by atoms with Gasteiger partial charge in [0.15, 0.2) is 6.26 Å². The zero-order valence-corrected chi connectivity index (χ0v) is 5.41. The molecule has 1 N–H and O–H groups in total. The van der Waals surface area contributed by atoms with Gasteiger partial charge in [0.1, 0.15) is 6.26 Å². The largest absolute Gasteiger partial charge is 0.431 e. The summed E-state index contributed by atoms with van der Waals surface area (Å²) in [5.41, 5.74) is 0. The van der Waals surface area contributed by atoms with E-state index in [1.807, 2.05) is 0 Å². The van der Waals surface area contributed by atoms with Gasteiger partial charge in [0.2, 0.25) is 0 Å². The third-order valence-electron chi connectivity index (χ3n) is 0.633. The Balaban J connectivity index is 2.86. The van der Waals surface area contributed by atoms with Gasteiger partial charge in [-0.25, -0.2) is 0 Å². The monoisotopic (exact) mass is 165 g/mol. The molecule has 0 spiro atoms. The van der Waals surface area contributed by atoms with E-state index in [2.05, 4.69) is 14.7 Å². The van der Waals surface area contributed by atoms with E-state index in [9.17, 15) is 8.42 Å². The maximum atomic E-state index is 10.2. The molecule has 56 valence electrons. The van der Waals surface area contributed by atoms with Crippen LogP contribution in [0, 0.1) is 0 Å². The van der Waals surface area contributed by atoms with Crippen LogP contribution in [-0.4, -0.2) is 18.2 Å². The number of hydrogen-bond donors (Lipinski definition) is 1. The van der Waals surface area contributed by atoms with Crippen LogP contribution in [0.25, 0.3) is 0 Å². The summed E-state index contributed by atoms with van der Waals surface area (Å²) < 4.78 is 32.8. The molecule has 0 saturated carbocycles. The van der Waals surface area contributed by atoms with Gasteiger partial charge in [0, 0.05) is 0 Å². The molecule has 0 amide bonds. The van der Waals surface area contributed by atoms with Crippen LogP contribution in [0.4, 0.5) is 0 Å². The zero-order valence-electron chi connectivity index (χ0n) is 4.59. The Morgan fingerprint density at radius 3 is 2.50 bits per heavy atom. The average Bonchev–Trinajstić information content (AvgIpc) is 1.88. The van der Waals surface area contributed by atoms with E-state index >= 15 is 0 Å². The lowest BCUT2D eigenvalue weighted by Crippen LogP contribution is -2.16. The first-order valence-corrected chi connectivity index (χ1v) is 3.58. The predicted molar refractivity (Wildman–Crippen MR) is 30.3 cm³/mol. The van der Waals surface area contributed by atoms with Gasteiger partial charge in [-0.05, 0) is 5.16 Å². The highest BCUT2D eigenvalue weighted by Gasteiger charge is 2.19. The Kier molecular flexibility index (Phi) is 1.60. The predicted octanol–water partition coefficient (Wildman–Crippen LogP) is -0.337. The third-order valence-corrected chi connectivity index (χ3v) is 1.25. The topological polar surface area (TPSA) is 85.2 Å². The van der Waals surface area contributed by atoms with Crippen LogP contribution in [0.1, 0.15) is 0 Å². The molecule has 0 radical (unpaired) electrons. The molecule has 0 aliphatic carbocycles. The summed E-state index contributed by atoms with van der Waals surface area (Å²) >= 11 is 0. The Morgan fingerprint density at radius 1 is 1.50 bits per heavy atom. The average molecular weight is 165 g/mol. The van der Waals surface area contributed by atoms with Crippen molar-refractivity contribution in [3.05, 3.63) is 12.5 Å². The SMILES string of the molecule is O=S(=O)(O)C1=NOC=CO1. The molecule has 0 fully saturated rings. The Morgan fingerprint density at radius 2 is 2.20 bits per heavy atom. The van der Waals surface area contributed by atoms with Gasteiger partial charge in [-0.2, -0.15) is 8.42 Å². The van der Waals surface area contributed by atoms with Gasteiger partial charge in [0.25, 0.3) is 0 Å². The molecule has 1 heterocycles. The summed E-state index contributed by atoms with van der Waals surface area (Å²) in [6.45, 7) is 0. The van der Waals surface area contributed by atoms with Gasteiger partial charge in [-0.3, -0.25) is 4.55 Å². The van der Waals surface area contributed by atoms with Crippen molar-refractivity contribution in [3.8, 4) is 0 Å². The molecule has 1 aliphatic heterocycles. The summed E-state index contributed by atoms with van der Waals surface area (Å²) in [6, 6.07) is 0. The quantitative estimate of drug-likeness (QED) is 0.496. The fraction of sp³-hybridized carbons (Fsp3) is 0. The molecule has 0 atom stereocenters. The van der Waals surface area contributed by atoms with Crippen molar-refractivity contribution in [1.82, 2.24) is 0 Å². The summed E-state index contributed by atoms with van der Waals surface area (Å²) in [5.74, 6) is 0. The molecule has 0 aromatic carbocycles. The highest BCUT2D eigenvalue weighted by molar-refractivity contribution is 8.01. The lowest BCUT2D eigenvalue weighted by atomic mass is 11.0. The second-order valence-corrected chi connectivity index (χ2v) is 2.63. The Bertz CT molecular complexity index is 275. The van der Waals surface area contributed by atoms with Gasteiger partial charge in [-0.1, -0.05) is 0 Å². The molecule has 0 saturated heterocycles. The molecule has 0 unspecified atom stereocenters. The van der Waals surface area contributed by atoms with Crippen molar-refractivity contribution in [3.63, 3.8) is 0 Å².